The van der Waals surface area contributed by atoms with Crippen LogP contribution in [0.15, 0.2) is 105 Å². The summed E-state index contributed by atoms with van der Waals surface area (Å²) < 4.78 is 0. The number of hydrogen-bond donors (Lipinski definition) is 0. The Morgan fingerprint density at radius 3 is 2.37 bits per heavy atom. The van der Waals surface area contributed by atoms with Gasteiger partial charge in [0.05, 0.1) is 0 Å². The first kappa shape index (κ1) is 18.7. The summed E-state index contributed by atoms with van der Waals surface area (Å²) in [4.78, 5) is 6.21. The highest BCUT2D eigenvalue weighted by Gasteiger charge is 2.33. The number of hydrogen-bond acceptors (Lipinski definition) is 1. The van der Waals surface area contributed by atoms with Gasteiger partial charge in [0, 0.05) is 5.25 Å². The van der Waals surface area contributed by atoms with Crippen molar-refractivity contribution in [2.24, 2.45) is 0 Å². The molecular formula is C25H28S2. The highest BCUT2D eigenvalue weighted by molar-refractivity contribution is 8.36. The number of benzene rings is 1. The number of rotatable bonds is 5. The fourth-order valence-corrected chi connectivity index (χ4v) is 8.59. The van der Waals surface area contributed by atoms with Crippen LogP contribution in [0.2, 0.25) is 0 Å². The van der Waals surface area contributed by atoms with Crippen LogP contribution in [-0.4, -0.2) is 11.5 Å². The molecule has 0 bridgehead atoms. The highest BCUT2D eigenvalue weighted by atomic mass is 32.3. The molecule has 4 rings (SSSR count). The van der Waals surface area contributed by atoms with Crippen LogP contribution < -0.4 is 0 Å². The molecule has 0 saturated heterocycles. The van der Waals surface area contributed by atoms with Crippen LogP contribution in [0.5, 0.6) is 0 Å². The lowest BCUT2D eigenvalue weighted by Gasteiger charge is -2.46. The summed E-state index contributed by atoms with van der Waals surface area (Å²) in [6, 6.07) is 11.2. The Kier molecular flexibility index (Phi) is 5.95. The van der Waals surface area contributed by atoms with Crippen molar-refractivity contribution in [2.75, 3.05) is 6.26 Å². The van der Waals surface area contributed by atoms with Gasteiger partial charge in [-0.15, -0.1) is 0 Å². The van der Waals surface area contributed by atoms with Crippen LogP contribution in [-0.2, 0) is 0 Å². The summed E-state index contributed by atoms with van der Waals surface area (Å²) in [6.45, 7) is 0. The minimum Gasteiger partial charge on any atom is -0.187 e. The Hall–Kier alpha value is -1.64. The van der Waals surface area contributed by atoms with E-state index in [0.717, 1.165) is 6.42 Å². The van der Waals surface area contributed by atoms with Crippen molar-refractivity contribution in [3.05, 3.63) is 99.7 Å². The summed E-state index contributed by atoms with van der Waals surface area (Å²) >= 11 is 2.00. The molecule has 1 aromatic rings. The Labute approximate surface area is 169 Å². The zero-order valence-corrected chi connectivity index (χ0v) is 17.6. The lowest BCUT2D eigenvalue weighted by atomic mass is 10.2. The van der Waals surface area contributed by atoms with Crippen molar-refractivity contribution < 1.29 is 0 Å². The summed E-state index contributed by atoms with van der Waals surface area (Å²) in [5.74, 6) is 0. The molecular weight excluding hydrogens is 364 g/mol. The van der Waals surface area contributed by atoms with Crippen molar-refractivity contribution in [1.29, 1.82) is 0 Å². The summed E-state index contributed by atoms with van der Waals surface area (Å²) in [5.41, 5.74) is 0. The smallest absolute Gasteiger partial charge is 0.0178 e. The first-order valence-electron chi connectivity index (χ1n) is 9.86. The highest BCUT2D eigenvalue weighted by Crippen LogP contribution is 2.66. The minimum absolute atomic E-state index is 0.602. The predicted octanol–water partition coefficient (Wildman–Crippen LogP) is 7.89. The maximum absolute atomic E-state index is 2.53. The van der Waals surface area contributed by atoms with Gasteiger partial charge in [-0.1, -0.05) is 84.6 Å². The van der Waals surface area contributed by atoms with Gasteiger partial charge < -0.3 is 0 Å². The van der Waals surface area contributed by atoms with E-state index < -0.39 is 10.0 Å². The van der Waals surface area contributed by atoms with Gasteiger partial charge in [-0.05, 0) is 70.1 Å². The number of allylic oxidation sites excluding steroid dienone is 11. The molecule has 3 aliphatic carbocycles. The lowest BCUT2D eigenvalue weighted by Crippen LogP contribution is -2.19. The first-order chi connectivity index (χ1) is 13.3. The molecule has 0 spiro atoms. The molecule has 1 aromatic carbocycles. The molecule has 2 unspecified atom stereocenters. The van der Waals surface area contributed by atoms with E-state index in [9.17, 15) is 0 Å². The van der Waals surface area contributed by atoms with Gasteiger partial charge in [-0.3, -0.25) is 0 Å². The van der Waals surface area contributed by atoms with E-state index in [4.69, 9.17) is 0 Å². The third kappa shape index (κ3) is 4.12. The molecule has 140 valence electrons. The second-order valence-electron chi connectivity index (χ2n) is 7.35. The molecule has 0 radical (unpaired) electrons. The van der Waals surface area contributed by atoms with E-state index in [1.807, 2.05) is 11.8 Å². The van der Waals surface area contributed by atoms with Crippen molar-refractivity contribution in [2.45, 2.75) is 42.2 Å². The van der Waals surface area contributed by atoms with Gasteiger partial charge in [0.1, 0.15) is 0 Å². The molecule has 0 amide bonds. The van der Waals surface area contributed by atoms with Gasteiger partial charge in [0.15, 0.2) is 0 Å². The minimum atomic E-state index is -1.03. The maximum atomic E-state index is 2.53. The van der Waals surface area contributed by atoms with Gasteiger partial charge in [0.25, 0.3) is 0 Å². The van der Waals surface area contributed by atoms with E-state index in [2.05, 4.69) is 91.3 Å². The third-order valence-corrected chi connectivity index (χ3v) is 11.1. The maximum Gasteiger partial charge on any atom is 0.0178 e. The van der Waals surface area contributed by atoms with Crippen LogP contribution >= 0.6 is 21.8 Å². The Bertz CT molecular complexity index is 852. The van der Waals surface area contributed by atoms with E-state index in [1.54, 1.807) is 4.91 Å². The first-order valence-corrected chi connectivity index (χ1v) is 12.8. The van der Waals surface area contributed by atoms with E-state index in [-0.39, 0.29) is 0 Å². The molecule has 0 heterocycles. The zero-order valence-electron chi connectivity index (χ0n) is 16.0. The number of thioether (sulfide) groups is 1. The third-order valence-electron chi connectivity index (χ3n) is 5.64. The van der Waals surface area contributed by atoms with Crippen LogP contribution in [0.4, 0.5) is 0 Å². The van der Waals surface area contributed by atoms with Gasteiger partial charge in [-0.2, -0.15) is 10.0 Å². The molecule has 0 aliphatic heterocycles. The fourth-order valence-electron chi connectivity index (χ4n) is 4.00. The van der Waals surface area contributed by atoms with Gasteiger partial charge >= 0.3 is 0 Å². The Morgan fingerprint density at radius 1 is 0.852 bits per heavy atom. The van der Waals surface area contributed by atoms with Crippen LogP contribution in [0, 0.1) is 0 Å². The summed E-state index contributed by atoms with van der Waals surface area (Å²) in [5, 5.41) is 0.602. The normalized spacial score (nSPS) is 25.2. The predicted molar refractivity (Wildman–Crippen MR) is 124 cm³/mol. The van der Waals surface area contributed by atoms with E-state index in [0.29, 0.717) is 5.25 Å². The Balaban J connectivity index is 1.63. The van der Waals surface area contributed by atoms with Crippen LogP contribution in [0.25, 0.3) is 0 Å². The molecule has 0 aromatic heterocycles. The molecule has 2 atom stereocenters. The zero-order chi connectivity index (χ0) is 18.5. The SMILES string of the molecule is CS(C1=CC=C(SC2=CC=CCC2)CC1)(c1ccccc1)C1C=CC=CC1. The summed E-state index contributed by atoms with van der Waals surface area (Å²) in [6.07, 6.45) is 29.3. The van der Waals surface area contributed by atoms with Crippen LogP contribution in [0.1, 0.15) is 32.1 Å². The standard InChI is InChI=1S/C25H28S2/c1-27(23-13-7-3-8-14-23,24-15-9-4-10-16-24)25-19-17-22(18-20-25)26-21-11-5-2-6-12-21/h2-5,7-11,13-15,17,19,24H,6,12,16,18,20H2,1H3. The van der Waals surface area contributed by atoms with Crippen molar-refractivity contribution >= 4 is 21.8 Å². The van der Waals surface area contributed by atoms with Crippen molar-refractivity contribution in [3.8, 4) is 0 Å². The molecule has 0 N–H and O–H groups in total. The Morgan fingerprint density at radius 2 is 1.70 bits per heavy atom. The monoisotopic (exact) mass is 392 g/mol. The topological polar surface area (TPSA) is 0 Å². The lowest BCUT2D eigenvalue weighted by molar-refractivity contribution is 0.976. The fraction of sp³-hybridized carbons (Fsp3) is 0.280. The van der Waals surface area contributed by atoms with Crippen molar-refractivity contribution in [1.82, 2.24) is 0 Å². The quantitative estimate of drug-likeness (QED) is 0.491. The average molecular weight is 393 g/mol. The molecule has 27 heavy (non-hydrogen) atoms. The molecule has 0 saturated carbocycles. The molecule has 0 fully saturated rings. The second kappa shape index (κ2) is 8.58. The second-order valence-corrected chi connectivity index (χ2v) is 12.2. The largest absolute Gasteiger partial charge is 0.187 e. The molecule has 2 heteroatoms. The van der Waals surface area contributed by atoms with Gasteiger partial charge in [0.2, 0.25) is 0 Å². The summed E-state index contributed by atoms with van der Waals surface area (Å²) in [7, 11) is -1.03. The molecule has 0 nitrogen and oxygen atoms in total. The van der Waals surface area contributed by atoms with Crippen LogP contribution in [0.3, 0.4) is 0 Å². The van der Waals surface area contributed by atoms with E-state index >= 15 is 0 Å². The van der Waals surface area contributed by atoms with Crippen molar-refractivity contribution in [3.63, 3.8) is 0 Å². The average Bonchev–Trinajstić information content (AvgIpc) is 2.76. The molecule has 3 aliphatic rings. The van der Waals surface area contributed by atoms with Gasteiger partial charge in [-0.25, -0.2) is 0 Å². The van der Waals surface area contributed by atoms with E-state index in [1.165, 1.54) is 40.4 Å².